The van der Waals surface area contributed by atoms with Crippen molar-refractivity contribution in [2.45, 2.75) is 13.8 Å². The van der Waals surface area contributed by atoms with Crippen LogP contribution in [0.1, 0.15) is 12.5 Å². The van der Waals surface area contributed by atoms with Gasteiger partial charge in [0.2, 0.25) is 5.91 Å². The lowest BCUT2D eigenvalue weighted by Crippen LogP contribution is -2.27. The summed E-state index contributed by atoms with van der Waals surface area (Å²) in [5.74, 6) is 0.526. The summed E-state index contributed by atoms with van der Waals surface area (Å²) in [6.07, 6.45) is 0. The van der Waals surface area contributed by atoms with Gasteiger partial charge in [-0.2, -0.15) is 0 Å². The fourth-order valence-electron chi connectivity index (χ4n) is 1.39. The lowest BCUT2D eigenvalue weighted by molar-refractivity contribution is -0.116. The van der Waals surface area contributed by atoms with E-state index in [1.54, 1.807) is 7.05 Å². The molecule has 0 aliphatic rings. The van der Waals surface area contributed by atoms with Crippen molar-refractivity contribution in [3.05, 3.63) is 23.8 Å². The van der Waals surface area contributed by atoms with Crippen LogP contribution in [-0.4, -0.2) is 25.4 Å². The van der Waals surface area contributed by atoms with E-state index in [9.17, 15) is 4.79 Å². The quantitative estimate of drug-likeness (QED) is 0.759. The van der Waals surface area contributed by atoms with E-state index in [2.05, 4.69) is 0 Å². The van der Waals surface area contributed by atoms with Gasteiger partial charge in [0.05, 0.1) is 12.3 Å². The van der Waals surface area contributed by atoms with Gasteiger partial charge in [-0.3, -0.25) is 4.79 Å². The molecule has 0 saturated carbocycles. The molecule has 0 aliphatic heterocycles. The van der Waals surface area contributed by atoms with Crippen molar-refractivity contribution in [1.82, 2.24) is 0 Å². The van der Waals surface area contributed by atoms with Gasteiger partial charge in [0.15, 0.2) is 0 Å². The highest BCUT2D eigenvalue weighted by Gasteiger charge is 2.14. The molecule has 0 aliphatic carbocycles. The van der Waals surface area contributed by atoms with E-state index in [-0.39, 0.29) is 11.8 Å². The molecule has 0 saturated heterocycles. The molecule has 4 heteroatoms. The first-order chi connectivity index (χ1) is 7.60. The molecule has 1 aromatic carbocycles. The van der Waals surface area contributed by atoms with Crippen molar-refractivity contribution in [1.29, 1.82) is 0 Å². The highest BCUT2D eigenvalue weighted by Crippen LogP contribution is 2.28. The van der Waals surface area contributed by atoms with Crippen LogP contribution in [0.2, 0.25) is 0 Å². The van der Waals surface area contributed by atoms with Gasteiger partial charge in [0, 0.05) is 7.05 Å². The Kier molecular flexibility index (Phi) is 4.62. The average molecular weight is 242 g/mol. The number of nitrogens with zero attached hydrogens (tertiary/aromatic N) is 1. The SMILES string of the molecule is CCOc1ccc(C)cc1N(C)C(=O)CCl. The summed E-state index contributed by atoms with van der Waals surface area (Å²) in [6, 6.07) is 5.73. The Morgan fingerprint density at radius 2 is 2.19 bits per heavy atom. The van der Waals surface area contributed by atoms with Crippen LogP contribution >= 0.6 is 11.6 Å². The first kappa shape index (κ1) is 12.8. The number of carbonyl (C=O) groups excluding carboxylic acids is 1. The monoisotopic (exact) mass is 241 g/mol. The molecule has 1 rings (SSSR count). The largest absolute Gasteiger partial charge is 0.492 e. The Labute approximate surface area is 101 Å². The van der Waals surface area contributed by atoms with E-state index in [4.69, 9.17) is 16.3 Å². The van der Waals surface area contributed by atoms with Crippen LogP contribution in [0.25, 0.3) is 0 Å². The van der Waals surface area contributed by atoms with E-state index < -0.39 is 0 Å². The summed E-state index contributed by atoms with van der Waals surface area (Å²) < 4.78 is 5.47. The van der Waals surface area contributed by atoms with Gasteiger partial charge in [-0.05, 0) is 31.5 Å². The van der Waals surface area contributed by atoms with Crippen LogP contribution in [-0.2, 0) is 4.79 Å². The van der Waals surface area contributed by atoms with Gasteiger partial charge in [-0.15, -0.1) is 11.6 Å². The Hall–Kier alpha value is -1.22. The second kappa shape index (κ2) is 5.75. The number of halogens is 1. The zero-order chi connectivity index (χ0) is 12.1. The zero-order valence-corrected chi connectivity index (χ0v) is 10.5. The van der Waals surface area contributed by atoms with Gasteiger partial charge >= 0.3 is 0 Å². The zero-order valence-electron chi connectivity index (χ0n) is 9.79. The first-order valence-corrected chi connectivity index (χ1v) is 5.69. The Morgan fingerprint density at radius 1 is 1.50 bits per heavy atom. The van der Waals surface area contributed by atoms with E-state index in [0.29, 0.717) is 12.4 Å². The van der Waals surface area contributed by atoms with Crippen molar-refractivity contribution < 1.29 is 9.53 Å². The molecule has 0 N–H and O–H groups in total. The third kappa shape index (κ3) is 2.89. The number of rotatable bonds is 4. The van der Waals surface area contributed by atoms with E-state index in [0.717, 1.165) is 11.3 Å². The van der Waals surface area contributed by atoms with Crippen molar-refractivity contribution in [2.75, 3.05) is 24.4 Å². The maximum Gasteiger partial charge on any atom is 0.241 e. The molecule has 1 amide bonds. The average Bonchev–Trinajstić information content (AvgIpc) is 2.29. The molecule has 0 aromatic heterocycles. The highest BCUT2D eigenvalue weighted by atomic mass is 35.5. The number of hydrogen-bond acceptors (Lipinski definition) is 2. The van der Waals surface area contributed by atoms with Gasteiger partial charge in [-0.25, -0.2) is 0 Å². The summed E-state index contributed by atoms with van der Waals surface area (Å²) in [6.45, 7) is 4.45. The number of carbonyl (C=O) groups is 1. The molecule has 1 aromatic rings. The molecular formula is C12H16ClNO2. The maximum atomic E-state index is 11.5. The van der Waals surface area contributed by atoms with E-state index in [1.807, 2.05) is 32.0 Å². The second-order valence-electron chi connectivity index (χ2n) is 3.49. The smallest absolute Gasteiger partial charge is 0.241 e. The number of aryl methyl sites for hydroxylation is 1. The Morgan fingerprint density at radius 3 is 2.75 bits per heavy atom. The summed E-state index contributed by atoms with van der Waals surface area (Å²) in [5, 5.41) is 0. The lowest BCUT2D eigenvalue weighted by atomic mass is 10.2. The number of benzene rings is 1. The minimum absolute atomic E-state index is 0.0317. The van der Waals surface area contributed by atoms with Crippen LogP contribution in [0.4, 0.5) is 5.69 Å². The number of ether oxygens (including phenoxy) is 1. The Balaban J connectivity index is 3.08. The van der Waals surface area contributed by atoms with Crippen LogP contribution in [0.15, 0.2) is 18.2 Å². The maximum absolute atomic E-state index is 11.5. The molecular weight excluding hydrogens is 226 g/mol. The van der Waals surface area contributed by atoms with Gasteiger partial charge < -0.3 is 9.64 Å². The molecule has 16 heavy (non-hydrogen) atoms. The molecule has 3 nitrogen and oxygen atoms in total. The lowest BCUT2D eigenvalue weighted by Gasteiger charge is -2.20. The molecule has 0 heterocycles. The minimum atomic E-state index is -0.145. The molecule has 0 unspecified atom stereocenters. The van der Waals surface area contributed by atoms with Crippen LogP contribution in [0.3, 0.4) is 0 Å². The van der Waals surface area contributed by atoms with Crippen molar-refractivity contribution in [2.24, 2.45) is 0 Å². The van der Waals surface area contributed by atoms with Gasteiger partial charge in [0.1, 0.15) is 11.6 Å². The summed E-state index contributed by atoms with van der Waals surface area (Å²) in [5.41, 5.74) is 1.83. The molecule has 0 spiro atoms. The number of anilines is 1. The standard InChI is InChI=1S/C12H16ClNO2/c1-4-16-11-6-5-9(2)7-10(11)14(3)12(15)8-13/h5-7H,4,8H2,1-3H3. The summed E-state index contributed by atoms with van der Waals surface area (Å²) in [4.78, 5) is 13.0. The number of hydrogen-bond donors (Lipinski definition) is 0. The summed E-state index contributed by atoms with van der Waals surface area (Å²) >= 11 is 5.53. The molecule has 88 valence electrons. The Bertz CT molecular complexity index is 379. The van der Waals surface area contributed by atoms with E-state index in [1.165, 1.54) is 4.90 Å². The highest BCUT2D eigenvalue weighted by molar-refractivity contribution is 6.29. The van der Waals surface area contributed by atoms with Gasteiger partial charge in [-0.1, -0.05) is 6.07 Å². The number of alkyl halides is 1. The van der Waals surface area contributed by atoms with Crippen LogP contribution in [0, 0.1) is 6.92 Å². The van der Waals surface area contributed by atoms with Crippen LogP contribution < -0.4 is 9.64 Å². The fourth-order valence-corrected chi connectivity index (χ4v) is 1.57. The molecule has 0 atom stereocenters. The predicted octanol–water partition coefficient (Wildman–Crippen LogP) is 2.60. The second-order valence-corrected chi connectivity index (χ2v) is 3.76. The van der Waals surface area contributed by atoms with Crippen molar-refractivity contribution >= 4 is 23.2 Å². The number of amides is 1. The van der Waals surface area contributed by atoms with Crippen molar-refractivity contribution in [3.63, 3.8) is 0 Å². The topological polar surface area (TPSA) is 29.5 Å². The van der Waals surface area contributed by atoms with Crippen LogP contribution in [0.5, 0.6) is 5.75 Å². The third-order valence-corrected chi connectivity index (χ3v) is 2.49. The first-order valence-electron chi connectivity index (χ1n) is 5.16. The molecule has 0 bridgehead atoms. The predicted molar refractivity (Wildman–Crippen MR) is 66.5 cm³/mol. The van der Waals surface area contributed by atoms with E-state index >= 15 is 0 Å². The normalized spacial score (nSPS) is 10.0. The summed E-state index contributed by atoms with van der Waals surface area (Å²) in [7, 11) is 1.70. The molecule has 0 radical (unpaired) electrons. The third-order valence-electron chi connectivity index (χ3n) is 2.26. The van der Waals surface area contributed by atoms with Crippen molar-refractivity contribution in [3.8, 4) is 5.75 Å². The molecule has 0 fully saturated rings. The minimum Gasteiger partial charge on any atom is -0.492 e. The van der Waals surface area contributed by atoms with Gasteiger partial charge in [0.25, 0.3) is 0 Å². The fraction of sp³-hybridized carbons (Fsp3) is 0.417.